The Hall–Kier alpha value is -2.28. The number of aliphatic imine (C=N–C) groups is 1. The summed E-state index contributed by atoms with van der Waals surface area (Å²) < 4.78 is 10.6. The number of guanidine groups is 1. The molecule has 0 atom stereocenters. The summed E-state index contributed by atoms with van der Waals surface area (Å²) in [7, 11) is 3.31. The first-order valence-corrected chi connectivity index (χ1v) is 10.2. The molecule has 0 saturated heterocycles. The molecule has 7 heteroatoms. The molecule has 1 heterocycles. The van der Waals surface area contributed by atoms with Crippen molar-refractivity contribution in [3.63, 3.8) is 0 Å². The highest BCUT2D eigenvalue weighted by Gasteiger charge is 2.05. The van der Waals surface area contributed by atoms with Crippen LogP contribution < -0.4 is 20.1 Å². The lowest BCUT2D eigenvalue weighted by Gasteiger charge is -2.11. The molecule has 1 aromatic carbocycles. The van der Waals surface area contributed by atoms with Crippen molar-refractivity contribution in [1.29, 1.82) is 0 Å². The molecular weight excluding hydrogens is 360 g/mol. The number of aryl methyl sites for hydroxylation is 2. The van der Waals surface area contributed by atoms with Gasteiger partial charge in [-0.25, -0.2) is 4.98 Å². The molecule has 2 aromatic rings. The van der Waals surface area contributed by atoms with Gasteiger partial charge in [0.1, 0.15) is 0 Å². The van der Waals surface area contributed by atoms with E-state index in [2.05, 4.69) is 39.0 Å². The number of hydrogen-bond acceptors (Lipinski definition) is 5. The van der Waals surface area contributed by atoms with Crippen molar-refractivity contribution in [2.24, 2.45) is 4.99 Å². The summed E-state index contributed by atoms with van der Waals surface area (Å²) in [5.41, 5.74) is 2.36. The van der Waals surface area contributed by atoms with Crippen molar-refractivity contribution >= 4 is 17.3 Å². The summed E-state index contributed by atoms with van der Waals surface area (Å²) in [6, 6.07) is 6.05. The van der Waals surface area contributed by atoms with Gasteiger partial charge in [-0.1, -0.05) is 6.07 Å². The first-order chi connectivity index (χ1) is 13.2. The highest BCUT2D eigenvalue weighted by molar-refractivity contribution is 7.09. The fourth-order valence-corrected chi connectivity index (χ4v) is 3.33. The molecule has 0 aliphatic carbocycles. The number of aromatic nitrogens is 1. The van der Waals surface area contributed by atoms with Crippen molar-refractivity contribution in [2.75, 3.05) is 33.9 Å². The maximum Gasteiger partial charge on any atom is 0.191 e. The Morgan fingerprint density at radius 3 is 2.63 bits per heavy atom. The third kappa shape index (κ3) is 7.09. The van der Waals surface area contributed by atoms with Crippen LogP contribution in [0.25, 0.3) is 0 Å². The number of benzene rings is 1. The van der Waals surface area contributed by atoms with Crippen molar-refractivity contribution in [3.8, 4) is 11.5 Å². The number of ether oxygens (including phenoxy) is 2. The van der Waals surface area contributed by atoms with Gasteiger partial charge in [0.15, 0.2) is 17.5 Å². The van der Waals surface area contributed by atoms with Gasteiger partial charge in [-0.2, -0.15) is 0 Å². The second-order valence-corrected chi connectivity index (χ2v) is 7.15. The molecule has 1 aromatic heterocycles. The normalized spacial score (nSPS) is 11.3. The topological polar surface area (TPSA) is 67.8 Å². The fourth-order valence-electron chi connectivity index (χ4n) is 2.68. The van der Waals surface area contributed by atoms with E-state index < -0.39 is 0 Å². The summed E-state index contributed by atoms with van der Waals surface area (Å²) >= 11 is 1.69. The van der Waals surface area contributed by atoms with Crippen LogP contribution in [0.1, 0.15) is 29.6 Å². The number of nitrogens with one attached hydrogen (secondary N) is 2. The highest BCUT2D eigenvalue weighted by Crippen LogP contribution is 2.27. The van der Waals surface area contributed by atoms with Gasteiger partial charge in [0.2, 0.25) is 0 Å². The molecular formula is C20H30N4O2S. The predicted octanol–water partition coefficient (Wildman–Crippen LogP) is 3.20. The molecule has 6 nitrogen and oxygen atoms in total. The zero-order chi connectivity index (χ0) is 19.5. The van der Waals surface area contributed by atoms with Gasteiger partial charge < -0.3 is 20.1 Å². The van der Waals surface area contributed by atoms with E-state index >= 15 is 0 Å². The molecule has 0 amide bonds. The summed E-state index contributed by atoms with van der Waals surface area (Å²) in [4.78, 5) is 9.15. The van der Waals surface area contributed by atoms with Crippen LogP contribution in [-0.2, 0) is 12.8 Å². The maximum atomic E-state index is 5.36. The molecule has 148 valence electrons. The minimum absolute atomic E-state index is 0.758. The molecule has 0 spiro atoms. The van der Waals surface area contributed by atoms with E-state index in [1.807, 2.05) is 19.1 Å². The molecule has 0 saturated carbocycles. The van der Waals surface area contributed by atoms with Crippen LogP contribution >= 0.6 is 11.3 Å². The van der Waals surface area contributed by atoms with E-state index in [1.165, 1.54) is 5.56 Å². The van der Waals surface area contributed by atoms with Crippen LogP contribution in [0.15, 0.2) is 28.6 Å². The average Bonchev–Trinajstić information content (AvgIpc) is 3.10. The Morgan fingerprint density at radius 1 is 1.15 bits per heavy atom. The minimum atomic E-state index is 0.758. The van der Waals surface area contributed by atoms with Crippen molar-refractivity contribution in [2.45, 2.75) is 33.1 Å². The Bertz CT molecular complexity index is 731. The van der Waals surface area contributed by atoms with Crippen molar-refractivity contribution in [3.05, 3.63) is 39.8 Å². The van der Waals surface area contributed by atoms with Gasteiger partial charge in [-0.3, -0.25) is 4.99 Å². The molecule has 2 rings (SSSR count). The van der Waals surface area contributed by atoms with Crippen molar-refractivity contribution in [1.82, 2.24) is 15.6 Å². The summed E-state index contributed by atoms with van der Waals surface area (Å²) in [5, 5.41) is 9.90. The number of nitrogens with zero attached hydrogens (tertiary/aromatic N) is 2. The Labute approximate surface area is 166 Å². The van der Waals surface area contributed by atoms with Gasteiger partial charge >= 0.3 is 0 Å². The van der Waals surface area contributed by atoms with E-state index in [4.69, 9.17) is 9.47 Å². The van der Waals surface area contributed by atoms with Crippen LogP contribution in [0.4, 0.5) is 0 Å². The maximum absolute atomic E-state index is 5.36. The van der Waals surface area contributed by atoms with Gasteiger partial charge in [0, 0.05) is 31.4 Å². The Kier molecular flexibility index (Phi) is 8.91. The number of hydrogen-bond donors (Lipinski definition) is 2. The smallest absolute Gasteiger partial charge is 0.191 e. The second-order valence-electron chi connectivity index (χ2n) is 6.09. The molecule has 0 bridgehead atoms. The standard InChI is InChI=1S/C20H30N4O2S/c1-5-21-20(23-12-10-17-14-27-15(2)24-17)22-11-6-7-16-8-9-18(25-3)19(13-16)26-4/h8-9,13-14H,5-7,10-12H2,1-4H3,(H2,21,22,23). The first kappa shape index (κ1) is 21.0. The first-order valence-electron chi connectivity index (χ1n) is 9.30. The quantitative estimate of drug-likeness (QED) is 0.370. The number of methoxy groups -OCH3 is 2. The summed E-state index contributed by atoms with van der Waals surface area (Å²) in [5.74, 6) is 2.38. The van der Waals surface area contributed by atoms with Crippen LogP contribution in [0.5, 0.6) is 11.5 Å². The average molecular weight is 391 g/mol. The van der Waals surface area contributed by atoms with E-state index in [1.54, 1.807) is 25.6 Å². The Balaban J connectivity index is 1.78. The van der Waals surface area contributed by atoms with Crippen LogP contribution in [0.2, 0.25) is 0 Å². The van der Waals surface area contributed by atoms with Crippen LogP contribution in [0, 0.1) is 6.92 Å². The van der Waals surface area contributed by atoms with E-state index in [-0.39, 0.29) is 0 Å². The second kappa shape index (κ2) is 11.4. The van der Waals surface area contributed by atoms with E-state index in [0.29, 0.717) is 0 Å². The van der Waals surface area contributed by atoms with Gasteiger partial charge in [-0.05, 0) is 44.4 Å². The van der Waals surface area contributed by atoms with E-state index in [0.717, 1.165) is 67.1 Å². The fraction of sp³-hybridized carbons (Fsp3) is 0.500. The van der Waals surface area contributed by atoms with E-state index in [9.17, 15) is 0 Å². The van der Waals surface area contributed by atoms with Gasteiger partial charge in [-0.15, -0.1) is 11.3 Å². The molecule has 0 unspecified atom stereocenters. The van der Waals surface area contributed by atoms with Crippen molar-refractivity contribution < 1.29 is 9.47 Å². The van der Waals surface area contributed by atoms with Crippen LogP contribution in [0.3, 0.4) is 0 Å². The predicted molar refractivity (Wildman–Crippen MR) is 112 cm³/mol. The zero-order valence-corrected chi connectivity index (χ0v) is 17.5. The molecule has 0 fully saturated rings. The molecule has 0 aliphatic rings. The SMILES string of the molecule is CCNC(=NCCCc1ccc(OC)c(OC)c1)NCCc1csc(C)n1. The molecule has 2 N–H and O–H groups in total. The van der Waals surface area contributed by atoms with Gasteiger partial charge in [0.25, 0.3) is 0 Å². The third-order valence-electron chi connectivity index (χ3n) is 4.03. The lowest BCUT2D eigenvalue weighted by atomic mass is 10.1. The zero-order valence-electron chi connectivity index (χ0n) is 16.7. The highest BCUT2D eigenvalue weighted by atomic mass is 32.1. The van der Waals surface area contributed by atoms with Gasteiger partial charge in [0.05, 0.1) is 24.9 Å². The Morgan fingerprint density at radius 2 is 1.96 bits per heavy atom. The lowest BCUT2D eigenvalue weighted by molar-refractivity contribution is 0.354. The largest absolute Gasteiger partial charge is 0.493 e. The molecule has 27 heavy (non-hydrogen) atoms. The number of thiazole rings is 1. The number of rotatable bonds is 10. The minimum Gasteiger partial charge on any atom is -0.493 e. The summed E-state index contributed by atoms with van der Waals surface area (Å²) in [6.45, 7) is 6.54. The monoisotopic (exact) mass is 390 g/mol. The summed E-state index contributed by atoms with van der Waals surface area (Å²) in [6.07, 6.45) is 2.82. The van der Waals surface area contributed by atoms with Crippen LogP contribution in [-0.4, -0.2) is 44.8 Å². The lowest BCUT2D eigenvalue weighted by Crippen LogP contribution is -2.38. The molecule has 0 aliphatic heterocycles. The molecule has 0 radical (unpaired) electrons. The third-order valence-corrected chi connectivity index (χ3v) is 4.85.